The molecule has 2 aromatic heterocycles. The van der Waals surface area contributed by atoms with E-state index in [4.69, 9.17) is 9.47 Å². The number of rotatable bonds is 5. The Balaban J connectivity index is 1.24. The van der Waals surface area contributed by atoms with Crippen molar-refractivity contribution >= 4 is 22.9 Å². The maximum absolute atomic E-state index is 15.3. The molecule has 2 aliphatic heterocycles. The summed E-state index contributed by atoms with van der Waals surface area (Å²) in [5.41, 5.74) is 2.31. The van der Waals surface area contributed by atoms with Crippen LogP contribution in [0.15, 0.2) is 54.7 Å². The maximum Gasteiger partial charge on any atom is 0.410 e. The van der Waals surface area contributed by atoms with Crippen LogP contribution in [0.4, 0.5) is 23.8 Å². The fourth-order valence-electron chi connectivity index (χ4n) is 5.74. The van der Waals surface area contributed by atoms with Crippen molar-refractivity contribution in [3.63, 3.8) is 0 Å². The van der Waals surface area contributed by atoms with Gasteiger partial charge in [-0.1, -0.05) is 18.2 Å². The number of amides is 1. The van der Waals surface area contributed by atoms with Gasteiger partial charge in [0.25, 0.3) is 0 Å². The summed E-state index contributed by atoms with van der Waals surface area (Å²) in [6.07, 6.45) is 2.63. The summed E-state index contributed by atoms with van der Waals surface area (Å²) >= 11 is 0. The first-order valence-corrected chi connectivity index (χ1v) is 14.0. The molecular weight excluding hydrogens is 547 g/mol. The number of hydrogen-bond acceptors (Lipinski definition) is 6. The number of pyridine rings is 1. The Morgan fingerprint density at radius 1 is 1.05 bits per heavy atom. The van der Waals surface area contributed by atoms with Crippen molar-refractivity contribution in [3.05, 3.63) is 71.9 Å². The number of anilines is 1. The van der Waals surface area contributed by atoms with Crippen LogP contribution in [0.5, 0.6) is 5.75 Å². The minimum absolute atomic E-state index is 0.126. The van der Waals surface area contributed by atoms with Crippen molar-refractivity contribution in [1.29, 1.82) is 0 Å². The molecule has 4 aromatic rings. The second kappa shape index (κ2) is 10.8. The second-order valence-corrected chi connectivity index (χ2v) is 11.5. The number of nitrogens with zero attached hydrogens (tertiary/aromatic N) is 5. The minimum Gasteiger partial charge on any atom is -0.444 e. The predicted octanol–water partition coefficient (Wildman–Crippen LogP) is 6.43. The highest BCUT2D eigenvalue weighted by Gasteiger charge is 2.31. The molecule has 1 fully saturated rings. The molecule has 0 aliphatic carbocycles. The van der Waals surface area contributed by atoms with Gasteiger partial charge in [0.15, 0.2) is 0 Å². The van der Waals surface area contributed by atoms with Crippen LogP contribution in [0.2, 0.25) is 0 Å². The summed E-state index contributed by atoms with van der Waals surface area (Å²) in [6.45, 7) is 4.84. The molecular formula is C31H32F3N5O3. The van der Waals surface area contributed by atoms with Crippen LogP contribution < -0.4 is 9.64 Å². The molecule has 0 bridgehead atoms. The van der Waals surface area contributed by atoms with E-state index in [9.17, 15) is 13.6 Å². The van der Waals surface area contributed by atoms with E-state index in [-0.39, 0.29) is 17.9 Å². The number of fused-ring (bicyclic) bond motifs is 3. The molecule has 11 heteroatoms. The normalized spacial score (nSPS) is 17.2. The Bertz CT molecular complexity index is 1610. The molecule has 4 heterocycles. The first kappa shape index (κ1) is 27.9. The first-order valence-electron chi connectivity index (χ1n) is 14.0. The zero-order valence-electron chi connectivity index (χ0n) is 23.7. The van der Waals surface area contributed by atoms with Gasteiger partial charge in [-0.2, -0.15) is 8.78 Å². The molecule has 6 rings (SSSR count). The molecule has 1 saturated heterocycles. The molecule has 2 aromatic carbocycles. The van der Waals surface area contributed by atoms with Gasteiger partial charge in [-0.25, -0.2) is 19.2 Å². The lowest BCUT2D eigenvalue weighted by Crippen LogP contribution is -2.50. The Hall–Kier alpha value is -4.28. The van der Waals surface area contributed by atoms with E-state index in [1.165, 1.54) is 12.1 Å². The van der Waals surface area contributed by atoms with Crippen molar-refractivity contribution in [1.82, 2.24) is 19.4 Å². The lowest BCUT2D eigenvalue weighted by atomic mass is 10.0. The summed E-state index contributed by atoms with van der Waals surface area (Å²) in [7, 11) is 0. The Morgan fingerprint density at radius 3 is 2.50 bits per heavy atom. The number of carbonyl (C=O) groups is 1. The van der Waals surface area contributed by atoms with Gasteiger partial charge in [0.05, 0.1) is 17.1 Å². The van der Waals surface area contributed by atoms with Crippen LogP contribution in [0.3, 0.4) is 0 Å². The van der Waals surface area contributed by atoms with Gasteiger partial charge in [0.2, 0.25) is 0 Å². The van der Waals surface area contributed by atoms with Gasteiger partial charge in [-0.3, -0.25) is 0 Å². The van der Waals surface area contributed by atoms with Gasteiger partial charge in [0.1, 0.15) is 28.8 Å². The number of ether oxygens (including phenoxy) is 2. The first-order chi connectivity index (χ1) is 20.1. The number of hydrogen-bond donors (Lipinski definition) is 0. The van der Waals surface area contributed by atoms with E-state index in [0.29, 0.717) is 61.2 Å². The van der Waals surface area contributed by atoms with Crippen molar-refractivity contribution in [2.24, 2.45) is 0 Å². The average molecular weight is 580 g/mol. The number of para-hydroxylation sites is 1. The number of carbonyl (C=O) groups excluding carboxylic acids is 1. The Labute approximate surface area is 241 Å². The van der Waals surface area contributed by atoms with Gasteiger partial charge < -0.3 is 23.8 Å². The van der Waals surface area contributed by atoms with Gasteiger partial charge in [-0.15, -0.1) is 0 Å². The van der Waals surface area contributed by atoms with Crippen molar-refractivity contribution < 1.29 is 27.4 Å². The molecule has 1 atom stereocenters. The summed E-state index contributed by atoms with van der Waals surface area (Å²) in [5, 5.41) is 0. The zero-order valence-corrected chi connectivity index (χ0v) is 23.7. The summed E-state index contributed by atoms with van der Waals surface area (Å²) in [5.74, 6) is 1.22. The monoisotopic (exact) mass is 579 g/mol. The van der Waals surface area contributed by atoms with Gasteiger partial charge in [-0.05, 0) is 51.5 Å². The second-order valence-electron chi connectivity index (χ2n) is 11.5. The Morgan fingerprint density at radius 2 is 1.81 bits per heavy atom. The molecule has 220 valence electrons. The highest BCUT2D eigenvalue weighted by molar-refractivity contribution is 5.84. The molecule has 1 amide bonds. The largest absolute Gasteiger partial charge is 0.444 e. The van der Waals surface area contributed by atoms with E-state index < -0.39 is 18.0 Å². The number of piperazine rings is 1. The van der Waals surface area contributed by atoms with E-state index in [0.717, 1.165) is 17.2 Å². The topological polar surface area (TPSA) is 72.7 Å². The highest BCUT2D eigenvalue weighted by Crippen LogP contribution is 2.41. The zero-order chi connectivity index (χ0) is 29.6. The van der Waals surface area contributed by atoms with Crippen LogP contribution in [0.1, 0.15) is 44.6 Å². The molecule has 0 spiro atoms. The number of benzene rings is 2. The predicted molar refractivity (Wildman–Crippen MR) is 152 cm³/mol. The third-order valence-corrected chi connectivity index (χ3v) is 7.61. The van der Waals surface area contributed by atoms with Crippen molar-refractivity contribution in [2.75, 3.05) is 31.1 Å². The number of aryl methyl sites for hydroxylation is 1. The lowest BCUT2D eigenvalue weighted by Gasteiger charge is -2.36. The summed E-state index contributed by atoms with van der Waals surface area (Å²) in [4.78, 5) is 25.4. The van der Waals surface area contributed by atoms with Crippen molar-refractivity contribution in [2.45, 2.75) is 51.9 Å². The van der Waals surface area contributed by atoms with E-state index in [1.807, 2.05) is 37.5 Å². The fraction of sp³-hybridized carbons (Fsp3) is 0.387. The van der Waals surface area contributed by atoms with Crippen molar-refractivity contribution in [3.8, 4) is 16.9 Å². The number of aromatic nitrogens is 3. The van der Waals surface area contributed by atoms with Gasteiger partial charge in [0, 0.05) is 61.6 Å². The number of halogens is 3. The molecule has 0 N–H and O–H groups in total. The number of imidazole rings is 1. The molecule has 42 heavy (non-hydrogen) atoms. The lowest BCUT2D eigenvalue weighted by molar-refractivity contribution is -0.0506. The third kappa shape index (κ3) is 5.47. The Kier molecular flexibility index (Phi) is 7.20. The van der Waals surface area contributed by atoms with Crippen LogP contribution in [0, 0.1) is 5.82 Å². The molecule has 0 saturated carbocycles. The molecule has 1 unspecified atom stereocenters. The molecule has 2 aliphatic rings. The molecule has 0 radical (unpaired) electrons. The highest BCUT2D eigenvalue weighted by atomic mass is 19.3. The van der Waals surface area contributed by atoms with Crippen LogP contribution in [0.25, 0.3) is 22.2 Å². The summed E-state index contributed by atoms with van der Waals surface area (Å²) < 4.78 is 53.8. The third-order valence-electron chi connectivity index (χ3n) is 7.61. The smallest absolute Gasteiger partial charge is 0.410 e. The SMILES string of the molecule is CC(C)(C)OC(=O)N1CCN(c2ccc(-c3cc4c(cc3F)nc3n4C(c4ccccc4OC(F)F)CC3)cn2)CC1. The quantitative estimate of drug-likeness (QED) is 0.271. The number of alkyl halides is 2. The van der Waals surface area contributed by atoms with E-state index >= 15 is 4.39 Å². The van der Waals surface area contributed by atoms with Crippen LogP contribution >= 0.6 is 0 Å². The fourth-order valence-corrected chi connectivity index (χ4v) is 5.74. The van der Waals surface area contributed by atoms with E-state index in [1.54, 1.807) is 35.4 Å². The molecule has 8 nitrogen and oxygen atoms in total. The van der Waals surface area contributed by atoms with Gasteiger partial charge >= 0.3 is 12.7 Å². The van der Waals surface area contributed by atoms with E-state index in [2.05, 4.69) is 14.9 Å². The minimum atomic E-state index is -2.93. The average Bonchev–Trinajstić information content (AvgIpc) is 3.51. The maximum atomic E-state index is 15.3. The van der Waals surface area contributed by atoms with Crippen LogP contribution in [-0.2, 0) is 11.2 Å². The summed E-state index contributed by atoms with van der Waals surface area (Å²) in [6, 6.07) is 13.4. The van der Waals surface area contributed by atoms with Crippen LogP contribution in [-0.4, -0.2) is 63.9 Å². The standard InChI is InChI=1S/C31H32F3N5O3/c1-31(2,3)42-30(40)38-14-12-37(13-15-38)27-10-8-19(18-35-27)21-16-25-23(17-22(21)32)36-28-11-9-24(39(25)28)20-6-4-5-7-26(20)41-29(33)34/h4-8,10,16-18,24,29H,9,11-15H2,1-3H3.